The van der Waals surface area contributed by atoms with Crippen molar-refractivity contribution in [1.29, 1.82) is 0 Å². The summed E-state index contributed by atoms with van der Waals surface area (Å²) in [6.45, 7) is 3.06. The summed E-state index contributed by atoms with van der Waals surface area (Å²) in [5.74, 6) is 1.40. The molecule has 0 radical (unpaired) electrons. The third-order valence-corrected chi connectivity index (χ3v) is 4.57. The van der Waals surface area contributed by atoms with Crippen molar-refractivity contribution in [1.82, 2.24) is 15.1 Å². The maximum Gasteiger partial charge on any atom is 0.176 e. The quantitative estimate of drug-likeness (QED) is 0.923. The molecule has 2 fully saturated rings. The number of aromatic nitrogens is 2. The molecule has 2 heterocycles. The fourth-order valence-corrected chi connectivity index (χ4v) is 3.24. The zero-order valence-corrected chi connectivity index (χ0v) is 12.0. The molecular formula is C14H22ClN3O. The lowest BCUT2D eigenvalue weighted by molar-refractivity contribution is 0.155. The Morgan fingerprint density at radius 1 is 1.32 bits per heavy atom. The van der Waals surface area contributed by atoms with E-state index in [0.717, 1.165) is 38.2 Å². The van der Waals surface area contributed by atoms with E-state index in [4.69, 9.17) is 16.3 Å². The van der Waals surface area contributed by atoms with E-state index in [1.165, 1.54) is 25.7 Å². The molecule has 1 N–H and O–H groups in total. The molecule has 4 nitrogen and oxygen atoms in total. The summed E-state index contributed by atoms with van der Waals surface area (Å²) >= 11 is 6.38. The monoisotopic (exact) mass is 283 g/mol. The Kier molecular flexibility index (Phi) is 4.28. The van der Waals surface area contributed by atoms with E-state index in [-0.39, 0.29) is 0 Å². The number of nitrogens with zero attached hydrogens (tertiary/aromatic N) is 2. The Bertz CT molecular complexity index is 409. The van der Waals surface area contributed by atoms with E-state index >= 15 is 0 Å². The van der Waals surface area contributed by atoms with Crippen molar-refractivity contribution in [3.63, 3.8) is 0 Å². The predicted molar refractivity (Wildman–Crippen MR) is 75.7 cm³/mol. The van der Waals surface area contributed by atoms with E-state index in [1.54, 1.807) is 6.20 Å². The van der Waals surface area contributed by atoms with Crippen molar-refractivity contribution in [2.45, 2.75) is 51.2 Å². The van der Waals surface area contributed by atoms with Gasteiger partial charge in [-0.15, -0.1) is 0 Å². The standard InChI is InChI=1S/C14H22ClN3O/c15-14-13(19-12-4-2-1-3-5-12)9-17-18(14)10-11-6-7-16-8-11/h9,11-12,16H,1-8,10H2. The van der Waals surface area contributed by atoms with Gasteiger partial charge in [-0.3, -0.25) is 4.68 Å². The molecule has 0 amide bonds. The summed E-state index contributed by atoms with van der Waals surface area (Å²) in [4.78, 5) is 0. The highest BCUT2D eigenvalue weighted by Crippen LogP contribution is 2.29. The SMILES string of the molecule is Clc1c(OC2CCCCC2)cnn1CC1CCNC1. The fraction of sp³-hybridized carbons (Fsp3) is 0.786. The van der Waals surface area contributed by atoms with Crippen LogP contribution >= 0.6 is 11.6 Å². The van der Waals surface area contributed by atoms with Crippen LogP contribution in [0.15, 0.2) is 6.20 Å². The minimum absolute atomic E-state index is 0.331. The molecule has 1 aliphatic carbocycles. The number of nitrogens with one attached hydrogen (secondary N) is 1. The zero-order valence-electron chi connectivity index (χ0n) is 11.3. The minimum atomic E-state index is 0.331. The highest BCUT2D eigenvalue weighted by atomic mass is 35.5. The van der Waals surface area contributed by atoms with Crippen molar-refractivity contribution in [2.24, 2.45) is 5.92 Å². The largest absolute Gasteiger partial charge is 0.486 e. The van der Waals surface area contributed by atoms with Crippen LogP contribution in [-0.2, 0) is 6.54 Å². The molecular weight excluding hydrogens is 262 g/mol. The average molecular weight is 284 g/mol. The summed E-state index contributed by atoms with van der Waals surface area (Å²) in [5.41, 5.74) is 0. The lowest BCUT2D eigenvalue weighted by Gasteiger charge is -2.22. The topological polar surface area (TPSA) is 39.1 Å². The summed E-state index contributed by atoms with van der Waals surface area (Å²) < 4.78 is 7.89. The van der Waals surface area contributed by atoms with Gasteiger partial charge in [0.2, 0.25) is 0 Å². The summed E-state index contributed by atoms with van der Waals surface area (Å²) in [5, 5.41) is 8.41. The van der Waals surface area contributed by atoms with E-state index in [9.17, 15) is 0 Å². The number of ether oxygens (including phenoxy) is 1. The Labute approximate surface area is 119 Å². The molecule has 5 heteroatoms. The molecule has 1 atom stereocenters. The van der Waals surface area contributed by atoms with Gasteiger partial charge in [0.15, 0.2) is 10.9 Å². The van der Waals surface area contributed by atoms with Gasteiger partial charge in [-0.2, -0.15) is 5.10 Å². The molecule has 106 valence electrons. The Morgan fingerprint density at radius 2 is 2.16 bits per heavy atom. The van der Waals surface area contributed by atoms with Gasteiger partial charge in [0.25, 0.3) is 0 Å². The molecule has 2 aliphatic rings. The van der Waals surface area contributed by atoms with Gasteiger partial charge in [-0.25, -0.2) is 0 Å². The van der Waals surface area contributed by atoms with Crippen molar-refractivity contribution < 1.29 is 4.74 Å². The van der Waals surface area contributed by atoms with Crippen molar-refractivity contribution >= 4 is 11.6 Å². The van der Waals surface area contributed by atoms with Gasteiger partial charge < -0.3 is 10.1 Å². The van der Waals surface area contributed by atoms with Crippen molar-refractivity contribution in [3.8, 4) is 5.75 Å². The third kappa shape index (κ3) is 3.23. The number of hydrogen-bond donors (Lipinski definition) is 1. The van der Waals surface area contributed by atoms with Crippen LogP contribution in [0.25, 0.3) is 0 Å². The molecule has 0 spiro atoms. The first-order valence-electron chi connectivity index (χ1n) is 7.41. The lowest BCUT2D eigenvalue weighted by Crippen LogP contribution is -2.19. The van der Waals surface area contributed by atoms with E-state index < -0.39 is 0 Å². The molecule has 0 aromatic carbocycles. The maximum atomic E-state index is 6.38. The molecule has 1 saturated heterocycles. The van der Waals surface area contributed by atoms with Gasteiger partial charge >= 0.3 is 0 Å². The van der Waals surface area contributed by atoms with Crippen LogP contribution in [0.5, 0.6) is 5.75 Å². The van der Waals surface area contributed by atoms with Gasteiger partial charge in [0.05, 0.1) is 12.3 Å². The van der Waals surface area contributed by atoms with Crippen LogP contribution in [0.3, 0.4) is 0 Å². The molecule has 19 heavy (non-hydrogen) atoms. The van der Waals surface area contributed by atoms with Gasteiger partial charge in [0, 0.05) is 6.54 Å². The minimum Gasteiger partial charge on any atom is -0.486 e. The molecule has 1 aromatic heterocycles. The second-order valence-corrected chi connectivity index (χ2v) is 6.08. The first-order valence-corrected chi connectivity index (χ1v) is 7.79. The van der Waals surface area contributed by atoms with Crippen molar-refractivity contribution in [2.75, 3.05) is 13.1 Å². The summed E-state index contributed by atoms with van der Waals surface area (Å²) in [6, 6.07) is 0. The highest BCUT2D eigenvalue weighted by Gasteiger charge is 2.21. The molecule has 1 unspecified atom stereocenters. The van der Waals surface area contributed by atoms with Crippen LogP contribution in [0.2, 0.25) is 5.15 Å². The van der Waals surface area contributed by atoms with Gasteiger partial charge in [0.1, 0.15) is 0 Å². The van der Waals surface area contributed by atoms with Crippen LogP contribution < -0.4 is 10.1 Å². The smallest absolute Gasteiger partial charge is 0.176 e. The molecule has 1 saturated carbocycles. The lowest BCUT2D eigenvalue weighted by atomic mass is 9.98. The number of halogens is 1. The Morgan fingerprint density at radius 3 is 2.89 bits per heavy atom. The maximum absolute atomic E-state index is 6.38. The van der Waals surface area contributed by atoms with Gasteiger partial charge in [-0.1, -0.05) is 18.0 Å². The number of hydrogen-bond acceptors (Lipinski definition) is 3. The first-order chi connectivity index (χ1) is 9.33. The molecule has 3 rings (SSSR count). The molecule has 0 bridgehead atoms. The second kappa shape index (κ2) is 6.14. The number of rotatable bonds is 4. The summed E-state index contributed by atoms with van der Waals surface area (Å²) in [6.07, 6.45) is 9.48. The zero-order chi connectivity index (χ0) is 13.1. The average Bonchev–Trinajstić information content (AvgIpc) is 3.05. The third-order valence-electron chi connectivity index (χ3n) is 4.18. The van der Waals surface area contributed by atoms with Crippen LogP contribution in [-0.4, -0.2) is 29.0 Å². The Balaban J connectivity index is 1.60. The normalized spacial score (nSPS) is 24.8. The van der Waals surface area contributed by atoms with Gasteiger partial charge in [-0.05, 0) is 51.1 Å². The van der Waals surface area contributed by atoms with E-state index in [0.29, 0.717) is 17.2 Å². The fourth-order valence-electron chi connectivity index (χ4n) is 3.04. The van der Waals surface area contributed by atoms with E-state index in [2.05, 4.69) is 10.4 Å². The van der Waals surface area contributed by atoms with Crippen LogP contribution in [0.1, 0.15) is 38.5 Å². The van der Waals surface area contributed by atoms with E-state index in [1.807, 2.05) is 4.68 Å². The predicted octanol–water partition coefficient (Wildman–Crippen LogP) is 2.86. The molecule has 1 aromatic rings. The highest BCUT2D eigenvalue weighted by molar-refractivity contribution is 6.31. The molecule has 1 aliphatic heterocycles. The van der Waals surface area contributed by atoms with Crippen LogP contribution in [0, 0.1) is 5.92 Å². The van der Waals surface area contributed by atoms with Crippen LogP contribution in [0.4, 0.5) is 0 Å². The first kappa shape index (κ1) is 13.3. The second-order valence-electron chi connectivity index (χ2n) is 5.72. The van der Waals surface area contributed by atoms with Crippen molar-refractivity contribution in [3.05, 3.63) is 11.3 Å². The summed E-state index contributed by atoms with van der Waals surface area (Å²) in [7, 11) is 0. The Hall–Kier alpha value is -0.740.